The van der Waals surface area contributed by atoms with E-state index in [-0.39, 0.29) is 37.2 Å². The fourth-order valence-corrected chi connectivity index (χ4v) is 3.11. The van der Waals surface area contributed by atoms with Gasteiger partial charge in [-0.05, 0) is 19.4 Å². The van der Waals surface area contributed by atoms with Crippen LogP contribution in [0.3, 0.4) is 0 Å². The zero-order valence-corrected chi connectivity index (χ0v) is 16.2. The van der Waals surface area contributed by atoms with Crippen molar-refractivity contribution < 1.29 is 31.4 Å². The molecule has 1 heterocycles. The second-order valence-electron chi connectivity index (χ2n) is 6.46. The van der Waals surface area contributed by atoms with Gasteiger partial charge < -0.3 is 20.1 Å². The molecule has 11 heteroatoms. The first-order valence-corrected chi connectivity index (χ1v) is 9.17. The van der Waals surface area contributed by atoms with E-state index in [0.717, 1.165) is 0 Å². The summed E-state index contributed by atoms with van der Waals surface area (Å²) >= 11 is 0. The molecule has 0 spiro atoms. The molecule has 1 aliphatic rings. The van der Waals surface area contributed by atoms with Crippen LogP contribution < -0.4 is 20.1 Å². The van der Waals surface area contributed by atoms with Crippen molar-refractivity contribution in [3.05, 3.63) is 23.8 Å². The lowest BCUT2D eigenvalue weighted by atomic mass is 10.2. The number of alkyl halides is 5. The summed E-state index contributed by atoms with van der Waals surface area (Å²) in [4.78, 5) is 5.37. The Bertz CT molecular complexity index is 685. The molecule has 29 heavy (non-hydrogen) atoms. The molecule has 0 aliphatic carbocycles. The number of benzene rings is 1. The Hall–Kier alpha value is -2.30. The number of likely N-dealkylation sites (tertiary alicyclic amines) is 1. The molecule has 6 nitrogen and oxygen atoms in total. The Balaban J connectivity index is 1.97. The first kappa shape index (κ1) is 23.0. The minimum Gasteiger partial charge on any atom is -0.490 e. The summed E-state index contributed by atoms with van der Waals surface area (Å²) in [6.07, 6.45) is -3.70. The van der Waals surface area contributed by atoms with E-state index in [4.69, 9.17) is 4.74 Å². The number of nitrogens with zero attached hydrogens (tertiary/aromatic N) is 2. The normalized spacial score (nSPS) is 18.2. The molecule has 1 fully saturated rings. The van der Waals surface area contributed by atoms with Crippen LogP contribution in [0.15, 0.2) is 23.2 Å². The molecule has 1 aromatic rings. The van der Waals surface area contributed by atoms with E-state index in [1.54, 1.807) is 19.1 Å². The number of nitrogens with one attached hydrogen (secondary N) is 2. The predicted molar refractivity (Wildman–Crippen MR) is 98.5 cm³/mol. The van der Waals surface area contributed by atoms with Crippen LogP contribution >= 0.6 is 0 Å². The van der Waals surface area contributed by atoms with Gasteiger partial charge in [0.1, 0.15) is 0 Å². The second kappa shape index (κ2) is 10.5. The van der Waals surface area contributed by atoms with Gasteiger partial charge in [0.25, 0.3) is 0 Å². The fraction of sp³-hybridized carbons (Fsp3) is 0.611. The molecule has 164 valence electrons. The number of aliphatic imine (C=N–C) groups is 1. The summed E-state index contributed by atoms with van der Waals surface area (Å²) in [5, 5.41) is 6.04. The minimum atomic E-state index is -4.23. The quantitative estimate of drug-likeness (QED) is 0.382. The first-order valence-electron chi connectivity index (χ1n) is 9.17. The van der Waals surface area contributed by atoms with E-state index in [9.17, 15) is 22.0 Å². The summed E-state index contributed by atoms with van der Waals surface area (Å²) in [7, 11) is 1.52. The van der Waals surface area contributed by atoms with Gasteiger partial charge in [-0.15, -0.1) is 0 Å². The standard InChI is InChI=1S/C18H25F5N4O2/c1-3-28-14-6-4-5-12(15(14)29-16(19)20)9-25-17(24-2)26-13-7-8-27(10-13)11-18(21,22)23/h4-6,13,16H,3,7-11H2,1-2H3,(H2,24,25,26). The summed E-state index contributed by atoms with van der Waals surface area (Å²) in [5.74, 6) is 0.492. The zero-order valence-electron chi connectivity index (χ0n) is 16.2. The van der Waals surface area contributed by atoms with Crippen LogP contribution in [0.4, 0.5) is 22.0 Å². The maximum atomic E-state index is 12.8. The van der Waals surface area contributed by atoms with Gasteiger partial charge in [0, 0.05) is 38.3 Å². The topological polar surface area (TPSA) is 58.1 Å². The summed E-state index contributed by atoms with van der Waals surface area (Å²) in [6.45, 7) is -1.26. The van der Waals surface area contributed by atoms with E-state index < -0.39 is 19.3 Å². The molecule has 0 aromatic heterocycles. The Kier molecular flexibility index (Phi) is 8.30. The van der Waals surface area contributed by atoms with Crippen molar-refractivity contribution >= 4 is 5.96 Å². The Morgan fingerprint density at radius 3 is 2.72 bits per heavy atom. The highest BCUT2D eigenvalue weighted by Gasteiger charge is 2.34. The highest BCUT2D eigenvalue weighted by molar-refractivity contribution is 5.80. The monoisotopic (exact) mass is 424 g/mol. The maximum absolute atomic E-state index is 12.8. The average molecular weight is 424 g/mol. The lowest BCUT2D eigenvalue weighted by Gasteiger charge is -2.20. The molecule has 1 aromatic carbocycles. The molecular weight excluding hydrogens is 399 g/mol. The van der Waals surface area contributed by atoms with Gasteiger partial charge >= 0.3 is 12.8 Å². The Morgan fingerprint density at radius 2 is 2.10 bits per heavy atom. The molecule has 0 radical (unpaired) electrons. The van der Waals surface area contributed by atoms with Crippen molar-refractivity contribution in [2.75, 3.05) is 33.3 Å². The van der Waals surface area contributed by atoms with Gasteiger partial charge in [-0.25, -0.2) is 0 Å². The fourth-order valence-electron chi connectivity index (χ4n) is 3.11. The van der Waals surface area contributed by atoms with Crippen LogP contribution in [-0.2, 0) is 6.54 Å². The molecule has 1 unspecified atom stereocenters. The van der Waals surface area contributed by atoms with Gasteiger partial charge in [0.15, 0.2) is 17.5 Å². The predicted octanol–water partition coefficient (Wildman–Crippen LogP) is 2.99. The van der Waals surface area contributed by atoms with E-state index >= 15 is 0 Å². The van der Waals surface area contributed by atoms with Crippen molar-refractivity contribution in [2.45, 2.75) is 38.7 Å². The molecule has 0 amide bonds. The average Bonchev–Trinajstić information content (AvgIpc) is 3.05. The molecule has 1 aliphatic heterocycles. The lowest BCUT2D eigenvalue weighted by Crippen LogP contribution is -2.45. The van der Waals surface area contributed by atoms with Crippen molar-refractivity contribution in [3.8, 4) is 11.5 Å². The van der Waals surface area contributed by atoms with Gasteiger partial charge in [-0.3, -0.25) is 9.89 Å². The van der Waals surface area contributed by atoms with Crippen LogP contribution in [0.2, 0.25) is 0 Å². The largest absolute Gasteiger partial charge is 0.490 e. The van der Waals surface area contributed by atoms with E-state index in [2.05, 4.69) is 20.4 Å². The molecule has 2 rings (SSSR count). The number of halogens is 5. The second-order valence-corrected chi connectivity index (χ2v) is 6.46. The molecular formula is C18H25F5N4O2. The van der Waals surface area contributed by atoms with Crippen LogP contribution in [0.1, 0.15) is 18.9 Å². The molecule has 0 bridgehead atoms. The third-order valence-corrected chi connectivity index (χ3v) is 4.25. The summed E-state index contributed by atoms with van der Waals surface area (Å²) < 4.78 is 73.1. The number of rotatable bonds is 8. The number of hydrogen-bond acceptors (Lipinski definition) is 4. The van der Waals surface area contributed by atoms with Crippen molar-refractivity contribution in [1.82, 2.24) is 15.5 Å². The zero-order chi connectivity index (χ0) is 21.4. The molecule has 1 atom stereocenters. The SMILES string of the molecule is CCOc1cccc(CNC(=NC)NC2CCN(CC(F)(F)F)C2)c1OC(F)F. The van der Waals surface area contributed by atoms with Gasteiger partial charge in [0.05, 0.1) is 13.2 Å². The van der Waals surface area contributed by atoms with Gasteiger partial charge in [-0.2, -0.15) is 22.0 Å². The summed E-state index contributed by atoms with van der Waals surface area (Å²) in [5.41, 5.74) is 0.435. The van der Waals surface area contributed by atoms with Crippen LogP contribution in [0.25, 0.3) is 0 Å². The number of hydrogen-bond donors (Lipinski definition) is 2. The molecule has 2 N–H and O–H groups in total. The van der Waals surface area contributed by atoms with Crippen LogP contribution in [0, 0.1) is 0 Å². The molecule has 1 saturated heterocycles. The number of para-hydroxylation sites is 1. The number of ether oxygens (including phenoxy) is 2. The van der Waals surface area contributed by atoms with Gasteiger partial charge in [0.2, 0.25) is 0 Å². The number of guanidine groups is 1. The van der Waals surface area contributed by atoms with Crippen molar-refractivity contribution in [2.24, 2.45) is 4.99 Å². The van der Waals surface area contributed by atoms with Crippen molar-refractivity contribution in [3.63, 3.8) is 0 Å². The van der Waals surface area contributed by atoms with Crippen LogP contribution in [-0.4, -0.2) is 63.0 Å². The molecule has 0 saturated carbocycles. The van der Waals surface area contributed by atoms with E-state index in [0.29, 0.717) is 24.5 Å². The lowest BCUT2D eigenvalue weighted by molar-refractivity contribution is -0.143. The highest BCUT2D eigenvalue weighted by Crippen LogP contribution is 2.32. The summed E-state index contributed by atoms with van der Waals surface area (Å²) in [6, 6.07) is 4.60. The maximum Gasteiger partial charge on any atom is 0.401 e. The smallest absolute Gasteiger partial charge is 0.401 e. The third-order valence-electron chi connectivity index (χ3n) is 4.25. The van der Waals surface area contributed by atoms with E-state index in [1.165, 1.54) is 18.0 Å². The minimum absolute atomic E-state index is 0.0653. The first-order chi connectivity index (χ1) is 13.7. The highest BCUT2D eigenvalue weighted by atomic mass is 19.4. The van der Waals surface area contributed by atoms with Gasteiger partial charge in [-0.1, -0.05) is 12.1 Å². The van der Waals surface area contributed by atoms with Crippen molar-refractivity contribution in [1.29, 1.82) is 0 Å². The third kappa shape index (κ3) is 7.56. The van der Waals surface area contributed by atoms with E-state index in [1.807, 2.05) is 0 Å². The Labute approximate surface area is 166 Å². The van der Waals surface area contributed by atoms with Crippen LogP contribution in [0.5, 0.6) is 11.5 Å². The Morgan fingerprint density at radius 1 is 1.34 bits per heavy atom.